The first-order valence-corrected chi connectivity index (χ1v) is 6.06. The summed E-state index contributed by atoms with van der Waals surface area (Å²) in [7, 11) is 1.52. The average Bonchev–Trinajstić information content (AvgIpc) is 2.78. The van der Waals surface area contributed by atoms with Crippen molar-refractivity contribution < 1.29 is 9.53 Å². The van der Waals surface area contributed by atoms with Gasteiger partial charge in [0.1, 0.15) is 5.60 Å². The van der Waals surface area contributed by atoms with Crippen LogP contribution in [0, 0.1) is 0 Å². The van der Waals surface area contributed by atoms with Gasteiger partial charge in [-0.3, -0.25) is 14.5 Å². The van der Waals surface area contributed by atoms with Crippen molar-refractivity contribution >= 4 is 17.5 Å². The highest BCUT2D eigenvalue weighted by atomic mass is 16.5. The minimum absolute atomic E-state index is 0.0147. The summed E-state index contributed by atoms with van der Waals surface area (Å²) in [4.78, 5) is 12.3. The Labute approximate surface area is 109 Å². The van der Waals surface area contributed by atoms with Crippen molar-refractivity contribution in [1.82, 2.24) is 14.6 Å². The molecule has 2 aromatic rings. The van der Waals surface area contributed by atoms with Crippen molar-refractivity contribution in [2.45, 2.75) is 24.5 Å². The number of aromatic nitrogens is 3. The molecule has 0 unspecified atom stereocenters. The van der Waals surface area contributed by atoms with Crippen LogP contribution in [0.4, 0.5) is 5.95 Å². The van der Waals surface area contributed by atoms with Gasteiger partial charge >= 0.3 is 0 Å². The monoisotopic (exact) mass is 261 g/mol. The fourth-order valence-electron chi connectivity index (χ4n) is 2.37. The van der Waals surface area contributed by atoms with Gasteiger partial charge in [0.25, 0.3) is 5.91 Å². The molecule has 0 spiro atoms. The third kappa shape index (κ3) is 1.87. The number of pyridine rings is 1. The molecule has 1 amide bonds. The third-order valence-electron chi connectivity index (χ3n) is 3.53. The Morgan fingerprint density at radius 1 is 1.53 bits per heavy atom. The average molecular weight is 261 g/mol. The van der Waals surface area contributed by atoms with Crippen LogP contribution in [0.3, 0.4) is 0 Å². The molecular formula is C12H15N5O2. The molecule has 0 atom stereocenters. The van der Waals surface area contributed by atoms with Crippen LogP contribution in [0.15, 0.2) is 24.4 Å². The molecule has 1 saturated carbocycles. The Bertz CT molecular complexity index is 617. The first-order valence-electron chi connectivity index (χ1n) is 6.06. The zero-order chi connectivity index (χ0) is 13.5. The number of ether oxygens (including phenoxy) is 1. The molecule has 100 valence electrons. The number of anilines is 1. The zero-order valence-electron chi connectivity index (χ0n) is 10.5. The molecule has 3 N–H and O–H groups in total. The number of nitrogens with zero attached hydrogens (tertiary/aromatic N) is 3. The molecule has 19 heavy (non-hydrogen) atoms. The molecule has 0 aliphatic heterocycles. The van der Waals surface area contributed by atoms with Crippen LogP contribution in [0.1, 0.15) is 12.8 Å². The number of carbonyl (C=O) groups excluding carboxylic acids is 1. The molecular weight excluding hydrogens is 246 g/mol. The van der Waals surface area contributed by atoms with Gasteiger partial charge in [0.2, 0.25) is 5.95 Å². The number of nitrogens with two attached hydrogens (primary N) is 1. The number of rotatable bonds is 3. The van der Waals surface area contributed by atoms with Gasteiger partial charge in [0.05, 0.1) is 0 Å². The highest BCUT2D eigenvalue weighted by molar-refractivity contribution is 5.97. The van der Waals surface area contributed by atoms with Crippen LogP contribution in [0.2, 0.25) is 0 Å². The van der Waals surface area contributed by atoms with Crippen LogP contribution in [-0.4, -0.2) is 39.3 Å². The van der Waals surface area contributed by atoms with Crippen LogP contribution >= 0.6 is 0 Å². The maximum atomic E-state index is 12.3. The SMILES string of the molecule is COC1(C(=O)Nc2nnc3ccccn23)CC(N)C1. The van der Waals surface area contributed by atoms with E-state index >= 15 is 0 Å². The summed E-state index contributed by atoms with van der Waals surface area (Å²) in [5.74, 6) is 0.160. The maximum Gasteiger partial charge on any atom is 0.259 e. The van der Waals surface area contributed by atoms with E-state index in [1.54, 1.807) is 10.6 Å². The molecule has 0 radical (unpaired) electrons. The van der Waals surface area contributed by atoms with E-state index < -0.39 is 5.60 Å². The van der Waals surface area contributed by atoms with Crippen molar-refractivity contribution in [2.24, 2.45) is 5.73 Å². The predicted molar refractivity (Wildman–Crippen MR) is 68.6 cm³/mol. The Hall–Kier alpha value is -1.99. The molecule has 0 saturated heterocycles. The molecule has 1 aliphatic rings. The number of amides is 1. The van der Waals surface area contributed by atoms with Gasteiger partial charge in [-0.15, -0.1) is 10.2 Å². The molecule has 3 rings (SSSR count). The second kappa shape index (κ2) is 4.29. The molecule has 2 aromatic heterocycles. The Morgan fingerprint density at radius 2 is 2.32 bits per heavy atom. The summed E-state index contributed by atoms with van der Waals surface area (Å²) in [6, 6.07) is 5.53. The minimum Gasteiger partial charge on any atom is -0.368 e. The number of fused-ring (bicyclic) bond motifs is 1. The van der Waals surface area contributed by atoms with Crippen LogP contribution in [0.5, 0.6) is 0 Å². The lowest BCUT2D eigenvalue weighted by atomic mass is 9.75. The fraction of sp³-hybridized carbons (Fsp3) is 0.417. The summed E-state index contributed by atoms with van der Waals surface area (Å²) in [5.41, 5.74) is 5.58. The lowest BCUT2D eigenvalue weighted by molar-refractivity contribution is -0.150. The molecule has 0 aromatic carbocycles. The molecule has 1 aliphatic carbocycles. The standard InChI is InChI=1S/C12H15N5O2/c1-19-12(6-8(13)7-12)10(18)14-11-16-15-9-4-2-3-5-17(9)11/h2-5,8H,6-7,13H2,1H3,(H,14,16,18). The molecule has 7 nitrogen and oxygen atoms in total. The van der Waals surface area contributed by atoms with Gasteiger partial charge < -0.3 is 10.5 Å². The zero-order valence-corrected chi connectivity index (χ0v) is 10.5. The molecule has 7 heteroatoms. The number of nitrogens with one attached hydrogen (secondary N) is 1. The van der Waals surface area contributed by atoms with E-state index in [1.165, 1.54) is 7.11 Å². The van der Waals surface area contributed by atoms with Gasteiger partial charge in [-0.05, 0) is 12.1 Å². The summed E-state index contributed by atoms with van der Waals surface area (Å²) >= 11 is 0. The fourth-order valence-corrected chi connectivity index (χ4v) is 2.37. The lowest BCUT2D eigenvalue weighted by Crippen LogP contribution is -2.59. The summed E-state index contributed by atoms with van der Waals surface area (Å²) in [6.07, 6.45) is 2.83. The highest BCUT2D eigenvalue weighted by Crippen LogP contribution is 2.35. The Balaban J connectivity index is 1.83. The minimum atomic E-state index is -0.833. The summed E-state index contributed by atoms with van der Waals surface area (Å²) in [6.45, 7) is 0. The quantitative estimate of drug-likeness (QED) is 0.821. The van der Waals surface area contributed by atoms with E-state index in [2.05, 4.69) is 15.5 Å². The highest BCUT2D eigenvalue weighted by Gasteiger charge is 2.49. The van der Waals surface area contributed by atoms with Crippen molar-refractivity contribution in [3.8, 4) is 0 Å². The van der Waals surface area contributed by atoms with E-state index in [1.807, 2.05) is 18.2 Å². The van der Waals surface area contributed by atoms with Gasteiger partial charge in [-0.2, -0.15) is 0 Å². The van der Waals surface area contributed by atoms with Crippen LogP contribution in [-0.2, 0) is 9.53 Å². The van der Waals surface area contributed by atoms with Gasteiger partial charge in [0, 0.05) is 32.2 Å². The molecule has 1 fully saturated rings. The third-order valence-corrected chi connectivity index (χ3v) is 3.53. The van der Waals surface area contributed by atoms with Crippen molar-refractivity contribution in [2.75, 3.05) is 12.4 Å². The van der Waals surface area contributed by atoms with E-state index in [-0.39, 0.29) is 11.9 Å². The van der Waals surface area contributed by atoms with Crippen LogP contribution in [0.25, 0.3) is 5.65 Å². The molecule has 0 bridgehead atoms. The van der Waals surface area contributed by atoms with E-state index in [4.69, 9.17) is 10.5 Å². The largest absolute Gasteiger partial charge is 0.368 e. The number of hydrogen-bond donors (Lipinski definition) is 2. The number of carbonyl (C=O) groups is 1. The first kappa shape index (κ1) is 12.1. The van der Waals surface area contributed by atoms with Crippen molar-refractivity contribution in [3.05, 3.63) is 24.4 Å². The Kier molecular flexibility index (Phi) is 2.72. The predicted octanol–water partition coefficient (Wildman–Crippen LogP) is 0.174. The van der Waals surface area contributed by atoms with E-state index in [0.717, 1.165) is 0 Å². The maximum absolute atomic E-state index is 12.3. The lowest BCUT2D eigenvalue weighted by Gasteiger charge is -2.42. The number of hydrogen-bond acceptors (Lipinski definition) is 5. The Morgan fingerprint density at radius 3 is 3.00 bits per heavy atom. The topological polar surface area (TPSA) is 94.5 Å². The van der Waals surface area contributed by atoms with Gasteiger partial charge in [-0.1, -0.05) is 6.07 Å². The summed E-state index contributed by atoms with van der Waals surface area (Å²) in [5, 5.41) is 10.7. The summed E-state index contributed by atoms with van der Waals surface area (Å²) < 4.78 is 7.03. The second-order valence-corrected chi connectivity index (χ2v) is 4.77. The number of methoxy groups -OCH3 is 1. The van der Waals surface area contributed by atoms with E-state index in [0.29, 0.717) is 24.4 Å². The molecule has 2 heterocycles. The van der Waals surface area contributed by atoms with Gasteiger partial charge in [0.15, 0.2) is 5.65 Å². The van der Waals surface area contributed by atoms with E-state index in [9.17, 15) is 4.79 Å². The first-order chi connectivity index (χ1) is 9.14. The van der Waals surface area contributed by atoms with Gasteiger partial charge in [-0.25, -0.2) is 0 Å². The second-order valence-electron chi connectivity index (χ2n) is 4.77. The van der Waals surface area contributed by atoms with Crippen molar-refractivity contribution in [1.29, 1.82) is 0 Å². The smallest absolute Gasteiger partial charge is 0.259 e. The van der Waals surface area contributed by atoms with Crippen LogP contribution < -0.4 is 11.1 Å². The normalized spacial score (nSPS) is 26.1. The van der Waals surface area contributed by atoms with Crippen molar-refractivity contribution in [3.63, 3.8) is 0 Å².